The molecule has 3 nitrogen and oxygen atoms in total. The van der Waals surface area contributed by atoms with E-state index in [1.807, 2.05) is 19.2 Å². The third-order valence-electron chi connectivity index (χ3n) is 4.93. The van der Waals surface area contributed by atoms with E-state index in [4.69, 9.17) is 4.74 Å². The Labute approximate surface area is 162 Å². The summed E-state index contributed by atoms with van der Waals surface area (Å²) in [5, 5.41) is 7.11. The van der Waals surface area contributed by atoms with Crippen molar-refractivity contribution in [2.24, 2.45) is 0 Å². The van der Waals surface area contributed by atoms with E-state index in [9.17, 15) is 0 Å². The first-order chi connectivity index (χ1) is 13.3. The Hall–Kier alpha value is -2.62. The van der Waals surface area contributed by atoms with Crippen LogP contribution in [-0.4, -0.2) is 27.2 Å². The smallest absolute Gasteiger partial charge is 0.118 e. The highest BCUT2D eigenvalue weighted by Crippen LogP contribution is 2.37. The lowest BCUT2D eigenvalue weighted by Gasteiger charge is -2.37. The summed E-state index contributed by atoms with van der Waals surface area (Å²) >= 11 is 0. The second-order valence-corrected chi connectivity index (χ2v) is 6.59. The Morgan fingerprint density at radius 2 is 1.22 bits per heavy atom. The van der Waals surface area contributed by atoms with E-state index < -0.39 is 5.54 Å². The van der Waals surface area contributed by atoms with Gasteiger partial charge in [-0.1, -0.05) is 72.8 Å². The molecular formula is C24H28N2O. The minimum Gasteiger partial charge on any atom is -0.497 e. The molecule has 0 radical (unpaired) electrons. The maximum absolute atomic E-state index is 5.38. The summed E-state index contributed by atoms with van der Waals surface area (Å²) in [7, 11) is 3.69. The summed E-state index contributed by atoms with van der Waals surface area (Å²) in [6, 6.07) is 29.7. The fourth-order valence-electron chi connectivity index (χ4n) is 3.56. The second kappa shape index (κ2) is 9.36. The van der Waals surface area contributed by atoms with Crippen molar-refractivity contribution in [3.63, 3.8) is 0 Å². The van der Waals surface area contributed by atoms with Crippen LogP contribution in [-0.2, 0) is 5.54 Å². The highest BCUT2D eigenvalue weighted by atomic mass is 16.5. The van der Waals surface area contributed by atoms with Crippen molar-refractivity contribution < 1.29 is 4.74 Å². The summed E-state index contributed by atoms with van der Waals surface area (Å²) < 4.78 is 5.38. The average Bonchev–Trinajstić information content (AvgIpc) is 2.75. The van der Waals surface area contributed by atoms with Gasteiger partial charge in [-0.3, -0.25) is 5.32 Å². The van der Waals surface area contributed by atoms with E-state index in [0.717, 1.165) is 25.3 Å². The summed E-state index contributed by atoms with van der Waals surface area (Å²) in [5.74, 6) is 0.865. The molecule has 0 heterocycles. The molecule has 0 unspecified atom stereocenters. The van der Waals surface area contributed by atoms with E-state index in [2.05, 4.69) is 83.4 Å². The molecule has 2 N–H and O–H groups in total. The number of benzene rings is 3. The fourth-order valence-corrected chi connectivity index (χ4v) is 3.56. The molecule has 3 heteroatoms. The quantitative estimate of drug-likeness (QED) is 0.443. The van der Waals surface area contributed by atoms with E-state index in [1.54, 1.807) is 7.11 Å². The van der Waals surface area contributed by atoms with Crippen LogP contribution >= 0.6 is 0 Å². The van der Waals surface area contributed by atoms with Crippen molar-refractivity contribution in [2.45, 2.75) is 12.0 Å². The average molecular weight is 361 g/mol. The van der Waals surface area contributed by atoms with Crippen LogP contribution in [0.5, 0.6) is 5.75 Å². The normalized spacial score (nSPS) is 11.3. The van der Waals surface area contributed by atoms with Gasteiger partial charge in [0.2, 0.25) is 0 Å². The Kier molecular flexibility index (Phi) is 6.64. The molecule has 0 amide bonds. The van der Waals surface area contributed by atoms with Gasteiger partial charge in [0.05, 0.1) is 12.6 Å². The predicted octanol–water partition coefficient (Wildman–Crippen LogP) is 4.19. The third-order valence-corrected chi connectivity index (χ3v) is 4.93. The number of hydrogen-bond acceptors (Lipinski definition) is 3. The molecule has 3 rings (SSSR count). The molecule has 0 aliphatic heterocycles. The minimum absolute atomic E-state index is 0.414. The molecule has 0 aliphatic carbocycles. The first-order valence-electron chi connectivity index (χ1n) is 9.46. The van der Waals surface area contributed by atoms with Gasteiger partial charge in [0.15, 0.2) is 0 Å². The van der Waals surface area contributed by atoms with Crippen LogP contribution in [0, 0.1) is 0 Å². The van der Waals surface area contributed by atoms with Crippen LogP contribution < -0.4 is 15.4 Å². The summed E-state index contributed by atoms with van der Waals surface area (Å²) in [6.45, 7) is 1.88. The van der Waals surface area contributed by atoms with Gasteiger partial charge in [-0.25, -0.2) is 0 Å². The van der Waals surface area contributed by atoms with Crippen LogP contribution in [0.2, 0.25) is 0 Å². The molecule has 3 aromatic carbocycles. The van der Waals surface area contributed by atoms with Gasteiger partial charge in [0.1, 0.15) is 5.75 Å². The lowest BCUT2D eigenvalue weighted by Crippen LogP contribution is -2.45. The van der Waals surface area contributed by atoms with Gasteiger partial charge >= 0.3 is 0 Å². The highest BCUT2D eigenvalue weighted by Gasteiger charge is 2.35. The van der Waals surface area contributed by atoms with Crippen molar-refractivity contribution in [2.75, 3.05) is 27.2 Å². The zero-order valence-corrected chi connectivity index (χ0v) is 16.1. The van der Waals surface area contributed by atoms with Gasteiger partial charge in [0, 0.05) is 0 Å². The molecule has 0 fully saturated rings. The first-order valence-corrected chi connectivity index (χ1v) is 9.46. The maximum Gasteiger partial charge on any atom is 0.118 e. The third kappa shape index (κ3) is 4.21. The number of hydrogen-bond donors (Lipinski definition) is 2. The monoisotopic (exact) mass is 360 g/mol. The Morgan fingerprint density at radius 3 is 1.70 bits per heavy atom. The zero-order valence-electron chi connectivity index (χ0n) is 16.1. The number of methoxy groups -OCH3 is 1. The standard InChI is InChI=1S/C24H28N2O/c1-25-18-9-19-26-24(20-10-5-3-6-11-20,21-12-7-4-8-13-21)22-14-16-23(27-2)17-15-22/h3-8,10-17,25-26H,9,18-19H2,1-2H3. The van der Waals surface area contributed by atoms with Gasteiger partial charge in [0.25, 0.3) is 0 Å². The SMILES string of the molecule is CNCCCNC(c1ccccc1)(c1ccccc1)c1ccc(OC)cc1. The van der Waals surface area contributed by atoms with Crippen molar-refractivity contribution in [3.8, 4) is 5.75 Å². The Bertz CT molecular complexity index is 761. The fraction of sp³-hybridized carbons (Fsp3) is 0.250. The molecule has 0 saturated carbocycles. The Morgan fingerprint density at radius 1 is 0.704 bits per heavy atom. The van der Waals surface area contributed by atoms with Crippen LogP contribution in [0.25, 0.3) is 0 Å². The predicted molar refractivity (Wildman–Crippen MR) is 112 cm³/mol. The molecule has 0 saturated heterocycles. The van der Waals surface area contributed by atoms with Gasteiger partial charge < -0.3 is 10.1 Å². The summed E-state index contributed by atoms with van der Waals surface area (Å²) in [6.07, 6.45) is 1.05. The molecule has 27 heavy (non-hydrogen) atoms. The van der Waals surface area contributed by atoms with E-state index >= 15 is 0 Å². The molecule has 0 atom stereocenters. The van der Waals surface area contributed by atoms with Crippen molar-refractivity contribution in [1.82, 2.24) is 10.6 Å². The topological polar surface area (TPSA) is 33.3 Å². The molecule has 3 aromatic rings. The van der Waals surface area contributed by atoms with Crippen LogP contribution in [0.1, 0.15) is 23.1 Å². The summed E-state index contributed by atoms with van der Waals surface area (Å²) in [4.78, 5) is 0. The van der Waals surface area contributed by atoms with Gasteiger partial charge in [-0.15, -0.1) is 0 Å². The van der Waals surface area contributed by atoms with Crippen LogP contribution in [0.15, 0.2) is 84.9 Å². The highest BCUT2D eigenvalue weighted by molar-refractivity contribution is 5.50. The second-order valence-electron chi connectivity index (χ2n) is 6.59. The first kappa shape index (κ1) is 19.2. The molecule has 0 aromatic heterocycles. The van der Waals surface area contributed by atoms with E-state index in [-0.39, 0.29) is 0 Å². The lowest BCUT2D eigenvalue weighted by molar-refractivity contribution is 0.413. The molecule has 0 aliphatic rings. The van der Waals surface area contributed by atoms with Crippen LogP contribution in [0.4, 0.5) is 0 Å². The van der Waals surface area contributed by atoms with E-state index in [0.29, 0.717) is 0 Å². The minimum atomic E-state index is -0.414. The Balaban J connectivity index is 2.14. The zero-order chi connectivity index (χ0) is 19.0. The summed E-state index contributed by atoms with van der Waals surface area (Å²) in [5.41, 5.74) is 3.24. The molecule has 0 spiro atoms. The van der Waals surface area contributed by atoms with Crippen LogP contribution in [0.3, 0.4) is 0 Å². The lowest BCUT2D eigenvalue weighted by atomic mass is 9.77. The van der Waals surface area contributed by atoms with E-state index in [1.165, 1.54) is 16.7 Å². The number of rotatable bonds is 9. The maximum atomic E-state index is 5.38. The molecule has 140 valence electrons. The van der Waals surface area contributed by atoms with Crippen molar-refractivity contribution in [1.29, 1.82) is 0 Å². The van der Waals surface area contributed by atoms with Crippen molar-refractivity contribution >= 4 is 0 Å². The van der Waals surface area contributed by atoms with Gasteiger partial charge in [-0.2, -0.15) is 0 Å². The van der Waals surface area contributed by atoms with Gasteiger partial charge in [-0.05, 0) is 55.4 Å². The van der Waals surface area contributed by atoms with Crippen molar-refractivity contribution in [3.05, 3.63) is 102 Å². The molecule has 0 bridgehead atoms. The number of nitrogens with one attached hydrogen (secondary N) is 2. The number of ether oxygens (including phenoxy) is 1. The molecular weight excluding hydrogens is 332 g/mol. The largest absolute Gasteiger partial charge is 0.497 e.